The number of hydrogen-bond donors (Lipinski definition) is 2. The van der Waals surface area contributed by atoms with Crippen LogP contribution in [0.3, 0.4) is 0 Å². The first kappa shape index (κ1) is 13.1. The second-order valence-corrected chi connectivity index (χ2v) is 6.72. The van der Waals surface area contributed by atoms with Crippen LogP contribution in [0.15, 0.2) is 17.5 Å². The number of rotatable bonds is 5. The number of thiophene rings is 1. The first-order valence-corrected chi connectivity index (χ1v) is 7.49. The Morgan fingerprint density at radius 1 is 1.47 bits per heavy atom. The summed E-state index contributed by atoms with van der Waals surface area (Å²) in [6.07, 6.45) is 3.93. The first-order valence-electron chi connectivity index (χ1n) is 6.61. The van der Waals surface area contributed by atoms with Gasteiger partial charge in [-0.25, -0.2) is 0 Å². The number of nitrogens with one attached hydrogen (secondary N) is 1. The molecular formula is C14H24N2S. The fourth-order valence-electron chi connectivity index (χ4n) is 2.72. The van der Waals surface area contributed by atoms with Gasteiger partial charge < -0.3 is 11.1 Å². The van der Waals surface area contributed by atoms with Gasteiger partial charge in [-0.05, 0) is 36.8 Å². The molecule has 3 heteroatoms. The molecule has 1 aliphatic rings. The molecule has 17 heavy (non-hydrogen) atoms. The molecule has 96 valence electrons. The minimum Gasteiger partial charge on any atom is -0.330 e. The van der Waals surface area contributed by atoms with Crippen LogP contribution in [0, 0.1) is 5.92 Å². The molecule has 1 aromatic heterocycles. The maximum atomic E-state index is 5.82. The van der Waals surface area contributed by atoms with E-state index in [2.05, 4.69) is 36.7 Å². The lowest BCUT2D eigenvalue weighted by atomic mass is 9.90. The van der Waals surface area contributed by atoms with Crippen LogP contribution in [0.25, 0.3) is 0 Å². The molecule has 3 N–H and O–H groups in total. The molecule has 0 spiro atoms. The van der Waals surface area contributed by atoms with Gasteiger partial charge in [0.05, 0.1) is 0 Å². The monoisotopic (exact) mass is 252 g/mol. The molecule has 1 aromatic rings. The van der Waals surface area contributed by atoms with Crippen LogP contribution in [-0.2, 0) is 5.41 Å². The van der Waals surface area contributed by atoms with Crippen molar-refractivity contribution in [3.63, 3.8) is 0 Å². The van der Waals surface area contributed by atoms with Crippen molar-refractivity contribution in [2.24, 2.45) is 11.7 Å². The van der Waals surface area contributed by atoms with Crippen molar-refractivity contribution in [2.45, 2.75) is 44.6 Å². The largest absolute Gasteiger partial charge is 0.330 e. The van der Waals surface area contributed by atoms with Gasteiger partial charge in [0.15, 0.2) is 0 Å². The van der Waals surface area contributed by atoms with Gasteiger partial charge in [0.25, 0.3) is 0 Å². The van der Waals surface area contributed by atoms with Crippen molar-refractivity contribution in [1.82, 2.24) is 5.32 Å². The summed E-state index contributed by atoms with van der Waals surface area (Å²) in [5.41, 5.74) is 6.05. The average molecular weight is 252 g/mol. The third kappa shape index (κ3) is 3.09. The molecule has 1 aliphatic carbocycles. The number of hydrogen-bond acceptors (Lipinski definition) is 3. The topological polar surface area (TPSA) is 38.0 Å². The van der Waals surface area contributed by atoms with Gasteiger partial charge in [-0.2, -0.15) is 0 Å². The van der Waals surface area contributed by atoms with Crippen LogP contribution in [0.1, 0.15) is 38.0 Å². The predicted octanol–water partition coefficient (Wildman–Crippen LogP) is 2.74. The average Bonchev–Trinajstić information content (AvgIpc) is 2.97. The molecule has 2 unspecified atom stereocenters. The molecule has 1 fully saturated rings. The van der Waals surface area contributed by atoms with Gasteiger partial charge in [-0.15, -0.1) is 11.3 Å². The van der Waals surface area contributed by atoms with Gasteiger partial charge in [0.1, 0.15) is 0 Å². The predicted molar refractivity (Wildman–Crippen MR) is 75.5 cm³/mol. The third-order valence-electron chi connectivity index (χ3n) is 3.96. The zero-order chi connectivity index (χ0) is 12.3. The van der Waals surface area contributed by atoms with E-state index in [1.54, 1.807) is 0 Å². The third-order valence-corrected chi connectivity index (χ3v) is 5.19. The lowest BCUT2D eigenvalue weighted by molar-refractivity contribution is 0.365. The van der Waals surface area contributed by atoms with Crippen molar-refractivity contribution in [3.8, 4) is 0 Å². The molecular weight excluding hydrogens is 228 g/mol. The Morgan fingerprint density at radius 2 is 2.29 bits per heavy atom. The van der Waals surface area contributed by atoms with Crippen LogP contribution in [0.5, 0.6) is 0 Å². The van der Waals surface area contributed by atoms with Crippen LogP contribution in [-0.4, -0.2) is 19.1 Å². The van der Waals surface area contributed by atoms with Gasteiger partial charge in [0.2, 0.25) is 0 Å². The molecule has 0 bridgehead atoms. The van der Waals surface area contributed by atoms with Crippen molar-refractivity contribution in [3.05, 3.63) is 22.4 Å². The molecule has 1 heterocycles. The Kier molecular flexibility index (Phi) is 4.23. The fourth-order valence-corrected chi connectivity index (χ4v) is 3.58. The Labute approximate surface area is 109 Å². The van der Waals surface area contributed by atoms with Crippen molar-refractivity contribution >= 4 is 11.3 Å². The summed E-state index contributed by atoms with van der Waals surface area (Å²) in [6, 6.07) is 5.01. The standard InChI is InChI=1S/C14H24N2S/c1-14(2,13-7-4-8-17-13)10-16-12-6-3-5-11(12)9-15/h4,7-8,11-12,16H,3,5-6,9-10,15H2,1-2H3. The van der Waals surface area contributed by atoms with Crippen molar-refractivity contribution < 1.29 is 0 Å². The van der Waals surface area contributed by atoms with Crippen LogP contribution in [0.4, 0.5) is 0 Å². The van der Waals surface area contributed by atoms with E-state index in [4.69, 9.17) is 5.73 Å². The van der Waals surface area contributed by atoms with E-state index in [1.807, 2.05) is 11.3 Å². The Hall–Kier alpha value is -0.380. The van der Waals surface area contributed by atoms with E-state index < -0.39 is 0 Å². The van der Waals surface area contributed by atoms with E-state index in [0.717, 1.165) is 13.1 Å². The molecule has 2 rings (SSSR count). The maximum Gasteiger partial charge on any atom is 0.0115 e. The van der Waals surface area contributed by atoms with Crippen LogP contribution in [0.2, 0.25) is 0 Å². The van der Waals surface area contributed by atoms with E-state index in [1.165, 1.54) is 24.1 Å². The molecule has 0 aromatic carbocycles. The Morgan fingerprint density at radius 3 is 2.94 bits per heavy atom. The van der Waals surface area contributed by atoms with Crippen molar-refractivity contribution in [2.75, 3.05) is 13.1 Å². The molecule has 0 aliphatic heterocycles. The highest BCUT2D eigenvalue weighted by molar-refractivity contribution is 7.10. The highest BCUT2D eigenvalue weighted by Crippen LogP contribution is 2.29. The summed E-state index contributed by atoms with van der Waals surface area (Å²) in [7, 11) is 0. The molecule has 1 saturated carbocycles. The Bertz CT molecular complexity index is 332. The van der Waals surface area contributed by atoms with E-state index in [-0.39, 0.29) is 5.41 Å². The molecule has 2 nitrogen and oxygen atoms in total. The smallest absolute Gasteiger partial charge is 0.0115 e. The summed E-state index contributed by atoms with van der Waals surface area (Å²) in [4.78, 5) is 1.47. The quantitative estimate of drug-likeness (QED) is 0.845. The van der Waals surface area contributed by atoms with Gasteiger partial charge in [-0.3, -0.25) is 0 Å². The fraction of sp³-hybridized carbons (Fsp3) is 0.714. The molecule has 0 radical (unpaired) electrons. The molecule has 0 saturated heterocycles. The SMILES string of the molecule is CC(C)(CNC1CCCC1CN)c1cccs1. The lowest BCUT2D eigenvalue weighted by Gasteiger charge is -2.28. The first-order chi connectivity index (χ1) is 8.13. The normalized spacial score (nSPS) is 25.4. The highest BCUT2D eigenvalue weighted by atomic mass is 32.1. The second-order valence-electron chi connectivity index (χ2n) is 5.78. The second kappa shape index (κ2) is 5.51. The van der Waals surface area contributed by atoms with Crippen molar-refractivity contribution in [1.29, 1.82) is 0 Å². The molecule has 2 atom stereocenters. The zero-order valence-electron chi connectivity index (χ0n) is 10.9. The van der Waals surface area contributed by atoms with Gasteiger partial charge >= 0.3 is 0 Å². The van der Waals surface area contributed by atoms with Gasteiger partial charge in [0, 0.05) is 22.9 Å². The molecule has 0 amide bonds. The minimum atomic E-state index is 0.232. The van der Waals surface area contributed by atoms with E-state index in [0.29, 0.717) is 12.0 Å². The van der Waals surface area contributed by atoms with Crippen LogP contribution >= 0.6 is 11.3 Å². The summed E-state index contributed by atoms with van der Waals surface area (Å²) in [5, 5.41) is 5.90. The number of nitrogens with two attached hydrogens (primary N) is 1. The summed E-state index contributed by atoms with van der Waals surface area (Å²) in [6.45, 7) is 6.52. The van der Waals surface area contributed by atoms with Crippen LogP contribution < -0.4 is 11.1 Å². The summed E-state index contributed by atoms with van der Waals surface area (Å²) in [5.74, 6) is 0.689. The zero-order valence-corrected chi connectivity index (χ0v) is 11.7. The maximum absolute atomic E-state index is 5.82. The van der Waals surface area contributed by atoms with E-state index >= 15 is 0 Å². The lowest BCUT2D eigenvalue weighted by Crippen LogP contribution is -2.42. The highest BCUT2D eigenvalue weighted by Gasteiger charge is 2.28. The Balaban J connectivity index is 1.89. The minimum absolute atomic E-state index is 0.232. The summed E-state index contributed by atoms with van der Waals surface area (Å²) >= 11 is 1.85. The summed E-state index contributed by atoms with van der Waals surface area (Å²) < 4.78 is 0. The van der Waals surface area contributed by atoms with Gasteiger partial charge in [-0.1, -0.05) is 26.3 Å². The van der Waals surface area contributed by atoms with E-state index in [9.17, 15) is 0 Å².